The van der Waals surface area contributed by atoms with Crippen LogP contribution in [0.1, 0.15) is 62.6 Å². The molecule has 118 valence electrons. The second-order valence-electron chi connectivity index (χ2n) is 5.56. The Morgan fingerprint density at radius 2 is 2.05 bits per heavy atom. The van der Waals surface area contributed by atoms with Crippen LogP contribution in [0.15, 0.2) is 6.07 Å². The minimum Gasteiger partial charge on any atom is -0.481 e. The maximum Gasteiger partial charge on any atom is 0.306 e. The predicted molar refractivity (Wildman–Crippen MR) is 80.4 cm³/mol. The maximum atomic E-state index is 12.2. The fraction of sp³-hybridized carbons (Fsp3) is 0.667. The van der Waals surface area contributed by atoms with Crippen molar-refractivity contribution in [3.05, 3.63) is 17.5 Å². The summed E-state index contributed by atoms with van der Waals surface area (Å²) >= 11 is 0. The third-order valence-corrected chi connectivity index (χ3v) is 3.44. The van der Waals surface area contributed by atoms with Crippen LogP contribution in [-0.4, -0.2) is 33.3 Å². The zero-order valence-electron chi connectivity index (χ0n) is 13.2. The van der Waals surface area contributed by atoms with Crippen LogP contribution in [0.2, 0.25) is 0 Å². The van der Waals surface area contributed by atoms with Crippen LogP contribution in [0.25, 0.3) is 0 Å². The Balaban J connectivity index is 2.54. The molecular formula is C15H25N3O3. The molecule has 0 saturated carbocycles. The molecular weight excluding hydrogens is 270 g/mol. The minimum absolute atomic E-state index is 0.153. The number of carbonyl (C=O) groups is 2. The Kier molecular flexibility index (Phi) is 6.39. The van der Waals surface area contributed by atoms with Crippen LogP contribution >= 0.6 is 0 Å². The van der Waals surface area contributed by atoms with Crippen molar-refractivity contribution in [2.45, 2.75) is 53.0 Å². The van der Waals surface area contributed by atoms with Gasteiger partial charge >= 0.3 is 5.97 Å². The van der Waals surface area contributed by atoms with Gasteiger partial charge in [0.1, 0.15) is 5.69 Å². The molecule has 0 aromatic carbocycles. The van der Waals surface area contributed by atoms with Crippen LogP contribution in [0, 0.1) is 5.92 Å². The standard InChI is InChI=1S/C15H25N3O3/c1-5-18-13(9-12(17-18)10(2)3)14(19)16-8-6-7-11(4)15(20)21/h9-11H,5-8H2,1-4H3,(H,16,19)(H,20,21). The molecule has 0 saturated heterocycles. The zero-order valence-corrected chi connectivity index (χ0v) is 13.2. The molecule has 21 heavy (non-hydrogen) atoms. The fourth-order valence-corrected chi connectivity index (χ4v) is 1.97. The molecule has 1 atom stereocenters. The molecule has 2 N–H and O–H groups in total. The average molecular weight is 295 g/mol. The first-order valence-corrected chi connectivity index (χ1v) is 7.45. The highest BCUT2D eigenvalue weighted by Crippen LogP contribution is 2.14. The van der Waals surface area contributed by atoms with E-state index >= 15 is 0 Å². The monoisotopic (exact) mass is 295 g/mol. The number of hydrogen-bond donors (Lipinski definition) is 2. The van der Waals surface area contributed by atoms with Gasteiger partial charge < -0.3 is 10.4 Å². The van der Waals surface area contributed by atoms with Gasteiger partial charge in [-0.2, -0.15) is 5.10 Å². The number of carboxylic acid groups (broad SMARTS) is 1. The second-order valence-corrected chi connectivity index (χ2v) is 5.56. The summed E-state index contributed by atoms with van der Waals surface area (Å²) in [5, 5.41) is 16.0. The third-order valence-electron chi connectivity index (χ3n) is 3.44. The van der Waals surface area contributed by atoms with Crippen LogP contribution in [0.3, 0.4) is 0 Å². The first kappa shape index (κ1) is 17.2. The molecule has 1 unspecified atom stereocenters. The van der Waals surface area contributed by atoms with Crippen molar-refractivity contribution in [1.29, 1.82) is 0 Å². The number of aryl methyl sites for hydroxylation is 1. The van der Waals surface area contributed by atoms with E-state index in [1.54, 1.807) is 11.6 Å². The van der Waals surface area contributed by atoms with Gasteiger partial charge in [0.25, 0.3) is 5.91 Å². The van der Waals surface area contributed by atoms with E-state index in [0.717, 1.165) is 5.69 Å². The van der Waals surface area contributed by atoms with E-state index in [1.807, 2.05) is 26.8 Å². The first-order chi connectivity index (χ1) is 9.86. The molecule has 6 heteroatoms. The van der Waals surface area contributed by atoms with E-state index in [2.05, 4.69) is 10.4 Å². The van der Waals surface area contributed by atoms with Gasteiger partial charge in [-0.3, -0.25) is 14.3 Å². The molecule has 1 heterocycles. The Hall–Kier alpha value is -1.85. The van der Waals surface area contributed by atoms with E-state index < -0.39 is 5.97 Å². The smallest absolute Gasteiger partial charge is 0.306 e. The number of carbonyl (C=O) groups excluding carboxylic acids is 1. The average Bonchev–Trinajstić information content (AvgIpc) is 2.87. The summed E-state index contributed by atoms with van der Waals surface area (Å²) in [5.74, 6) is -1.05. The number of aliphatic carboxylic acids is 1. The molecule has 0 aliphatic heterocycles. The van der Waals surface area contributed by atoms with Gasteiger partial charge in [-0.05, 0) is 31.7 Å². The lowest BCUT2D eigenvalue weighted by Gasteiger charge is -2.08. The first-order valence-electron chi connectivity index (χ1n) is 7.45. The van der Waals surface area contributed by atoms with Crippen molar-refractivity contribution >= 4 is 11.9 Å². The fourth-order valence-electron chi connectivity index (χ4n) is 1.97. The predicted octanol–water partition coefficient (Wildman–Crippen LogP) is 2.26. The number of hydrogen-bond acceptors (Lipinski definition) is 3. The Morgan fingerprint density at radius 3 is 2.57 bits per heavy atom. The number of rotatable bonds is 8. The summed E-state index contributed by atoms with van der Waals surface area (Å²) in [7, 11) is 0. The number of carboxylic acids is 1. The minimum atomic E-state index is -0.799. The largest absolute Gasteiger partial charge is 0.481 e. The van der Waals surface area contributed by atoms with Crippen molar-refractivity contribution in [3.63, 3.8) is 0 Å². The molecule has 0 aliphatic carbocycles. The van der Waals surface area contributed by atoms with Crippen molar-refractivity contribution in [2.24, 2.45) is 5.92 Å². The van der Waals surface area contributed by atoms with Gasteiger partial charge in [-0.1, -0.05) is 20.8 Å². The van der Waals surface area contributed by atoms with Crippen LogP contribution in [0.5, 0.6) is 0 Å². The lowest BCUT2D eigenvalue weighted by Crippen LogP contribution is -2.27. The summed E-state index contributed by atoms with van der Waals surface area (Å²) in [6.07, 6.45) is 1.20. The van der Waals surface area contributed by atoms with E-state index in [1.165, 1.54) is 0 Å². The highest BCUT2D eigenvalue weighted by molar-refractivity contribution is 5.92. The van der Waals surface area contributed by atoms with E-state index in [4.69, 9.17) is 5.11 Å². The van der Waals surface area contributed by atoms with E-state index in [0.29, 0.717) is 31.6 Å². The Labute approximate surface area is 125 Å². The van der Waals surface area contributed by atoms with Gasteiger partial charge in [0.15, 0.2) is 0 Å². The summed E-state index contributed by atoms with van der Waals surface area (Å²) in [5.41, 5.74) is 1.47. The summed E-state index contributed by atoms with van der Waals surface area (Å²) in [6.45, 7) is 8.82. The van der Waals surface area contributed by atoms with Crippen molar-refractivity contribution < 1.29 is 14.7 Å². The van der Waals surface area contributed by atoms with Gasteiger partial charge in [0, 0.05) is 13.1 Å². The number of nitrogens with one attached hydrogen (secondary N) is 1. The van der Waals surface area contributed by atoms with Gasteiger partial charge in [0.2, 0.25) is 0 Å². The van der Waals surface area contributed by atoms with Crippen LogP contribution in [0.4, 0.5) is 0 Å². The topological polar surface area (TPSA) is 84.2 Å². The third kappa shape index (κ3) is 4.88. The second kappa shape index (κ2) is 7.81. The molecule has 6 nitrogen and oxygen atoms in total. The molecule has 1 aromatic rings. The van der Waals surface area contributed by atoms with Gasteiger partial charge in [0.05, 0.1) is 11.6 Å². The lowest BCUT2D eigenvalue weighted by atomic mass is 10.1. The zero-order chi connectivity index (χ0) is 16.0. The summed E-state index contributed by atoms with van der Waals surface area (Å²) in [6, 6.07) is 1.82. The van der Waals surface area contributed by atoms with Crippen LogP contribution < -0.4 is 5.32 Å². The number of amides is 1. The lowest BCUT2D eigenvalue weighted by molar-refractivity contribution is -0.141. The van der Waals surface area contributed by atoms with Gasteiger partial charge in [-0.25, -0.2) is 0 Å². The molecule has 0 bridgehead atoms. The van der Waals surface area contributed by atoms with Crippen molar-refractivity contribution in [1.82, 2.24) is 15.1 Å². The SMILES string of the molecule is CCn1nc(C(C)C)cc1C(=O)NCCCC(C)C(=O)O. The highest BCUT2D eigenvalue weighted by atomic mass is 16.4. The molecule has 1 aromatic heterocycles. The molecule has 0 aliphatic rings. The Morgan fingerprint density at radius 1 is 1.38 bits per heavy atom. The normalized spacial score (nSPS) is 12.4. The number of aromatic nitrogens is 2. The van der Waals surface area contributed by atoms with Crippen LogP contribution in [-0.2, 0) is 11.3 Å². The number of nitrogens with zero attached hydrogens (tertiary/aromatic N) is 2. The quantitative estimate of drug-likeness (QED) is 0.720. The van der Waals surface area contributed by atoms with Crippen molar-refractivity contribution in [2.75, 3.05) is 6.54 Å². The van der Waals surface area contributed by atoms with E-state index in [-0.39, 0.29) is 17.7 Å². The Bertz CT molecular complexity index is 494. The summed E-state index contributed by atoms with van der Waals surface area (Å²) in [4.78, 5) is 22.9. The van der Waals surface area contributed by atoms with Gasteiger partial charge in [-0.15, -0.1) is 0 Å². The molecule has 1 rings (SSSR count). The maximum absolute atomic E-state index is 12.2. The van der Waals surface area contributed by atoms with E-state index in [9.17, 15) is 9.59 Å². The molecule has 1 amide bonds. The summed E-state index contributed by atoms with van der Waals surface area (Å²) < 4.78 is 1.70. The molecule has 0 spiro atoms. The van der Waals surface area contributed by atoms with Crippen molar-refractivity contribution in [3.8, 4) is 0 Å². The highest BCUT2D eigenvalue weighted by Gasteiger charge is 2.16. The molecule has 0 radical (unpaired) electrons. The molecule has 0 fully saturated rings.